The third-order valence-electron chi connectivity index (χ3n) is 10.7. The molecule has 58 heavy (non-hydrogen) atoms. The summed E-state index contributed by atoms with van der Waals surface area (Å²) in [5.74, 6) is 1.83. The molecule has 17 nitrogen and oxygen atoms in total. The second kappa shape index (κ2) is 18.3. The summed E-state index contributed by atoms with van der Waals surface area (Å²) in [6.45, 7) is 9.39. The molecule has 5 aromatic rings. The van der Waals surface area contributed by atoms with E-state index in [0.29, 0.717) is 36.1 Å². The smallest absolute Gasteiger partial charge is 0.407 e. The second-order valence-electron chi connectivity index (χ2n) is 15.1. The van der Waals surface area contributed by atoms with E-state index in [-0.39, 0.29) is 29.8 Å². The molecule has 0 spiro atoms. The summed E-state index contributed by atoms with van der Waals surface area (Å²) in [4.78, 5) is 81.5. The van der Waals surface area contributed by atoms with Crippen LogP contribution in [-0.4, -0.2) is 100 Å². The van der Waals surface area contributed by atoms with E-state index in [2.05, 4.69) is 44.8 Å². The van der Waals surface area contributed by atoms with Gasteiger partial charge in [-0.1, -0.05) is 40.2 Å². The Labute approximate surface area is 336 Å². The number of imidazole rings is 2. The van der Waals surface area contributed by atoms with Gasteiger partial charge in [-0.15, -0.1) is 0 Å². The molecule has 2 unspecified atom stereocenters. The van der Waals surface area contributed by atoms with Crippen LogP contribution >= 0.6 is 0 Å². The molecule has 0 radical (unpaired) electrons. The van der Waals surface area contributed by atoms with Crippen molar-refractivity contribution in [1.29, 1.82) is 0 Å². The Morgan fingerprint density at radius 2 is 1.47 bits per heavy atom. The molecule has 0 bridgehead atoms. The number of methoxy groups -OCH3 is 1. The number of aromatic nitrogens is 7. The van der Waals surface area contributed by atoms with Crippen LogP contribution in [0.25, 0.3) is 44.9 Å². The summed E-state index contributed by atoms with van der Waals surface area (Å²) in [7, 11) is 1.29. The Morgan fingerprint density at radius 3 is 2.07 bits per heavy atom. The lowest BCUT2D eigenvalue weighted by Gasteiger charge is -2.30. The van der Waals surface area contributed by atoms with Gasteiger partial charge in [0, 0.05) is 36.8 Å². The number of alkyl carbamates (subject to hydrolysis) is 1. The minimum Gasteiger partial charge on any atom is -0.465 e. The van der Waals surface area contributed by atoms with Crippen LogP contribution in [0.4, 0.5) is 9.59 Å². The van der Waals surface area contributed by atoms with E-state index in [1.165, 1.54) is 7.11 Å². The number of rotatable bonds is 11. The first-order valence-electron chi connectivity index (χ1n) is 19.6. The maximum Gasteiger partial charge on any atom is 0.407 e. The molecular formula is C41H51N11O6. The number of amides is 4. The molecule has 4 aromatic heterocycles. The van der Waals surface area contributed by atoms with Gasteiger partial charge >= 0.3 is 12.2 Å². The number of nitrogens with one attached hydrogen (secondary N) is 3. The number of carbonyl (C=O) groups is 4. The Bertz CT molecular complexity index is 2230. The average Bonchev–Trinajstić information content (AvgIpc) is 4.06. The zero-order chi connectivity index (χ0) is 41.5. The zero-order valence-electron chi connectivity index (χ0n) is 33.4. The number of nitrogens with two attached hydrogens (primary N) is 1. The fourth-order valence-corrected chi connectivity index (χ4v) is 7.41. The number of ether oxygens (including phenoxy) is 1. The number of fused-ring (bicyclic) bond motifs is 1. The van der Waals surface area contributed by atoms with Crippen LogP contribution in [0.5, 0.6) is 0 Å². The van der Waals surface area contributed by atoms with Crippen LogP contribution in [-0.2, 0) is 14.3 Å². The molecule has 0 aliphatic carbocycles. The monoisotopic (exact) mass is 793 g/mol. The van der Waals surface area contributed by atoms with Gasteiger partial charge in [0.05, 0.1) is 65.9 Å². The van der Waals surface area contributed by atoms with Crippen LogP contribution in [0.15, 0.2) is 55.1 Å². The fourth-order valence-electron chi connectivity index (χ4n) is 7.41. The van der Waals surface area contributed by atoms with Gasteiger partial charge < -0.3 is 40.7 Å². The topological polar surface area (TPSA) is 238 Å². The number of hydrogen-bond acceptors (Lipinski definition) is 10. The lowest BCUT2D eigenvalue weighted by molar-refractivity contribution is -0.135. The minimum absolute atomic E-state index is 0.0274. The molecule has 2 saturated heterocycles. The van der Waals surface area contributed by atoms with Gasteiger partial charge in [0.25, 0.3) is 0 Å². The molecule has 6 heterocycles. The number of primary amides is 1. The highest BCUT2D eigenvalue weighted by atomic mass is 16.5. The number of nitrogens with zero attached hydrogens (tertiary/aromatic N) is 7. The van der Waals surface area contributed by atoms with E-state index in [0.717, 1.165) is 78.0 Å². The molecule has 17 heteroatoms. The summed E-state index contributed by atoms with van der Waals surface area (Å²) in [5.41, 5.74) is 10.3. The lowest BCUT2D eigenvalue weighted by atomic mass is 10.0. The van der Waals surface area contributed by atoms with Crippen molar-refractivity contribution in [2.24, 2.45) is 17.6 Å². The normalized spacial score (nSPS) is 17.5. The summed E-state index contributed by atoms with van der Waals surface area (Å²) in [5, 5.41) is 9.89. The SMILES string of the molecule is CCC(C)CC(=O)N1CCC[C@H]1c1ncc(-c2ccc(-c3cnc4cc(-c5cnc([C@@H]6CCCN6C(=O)C(NC(=O)OC)C(C)C)[nH]5)ccc4n3)nc2)[nH]1.NC(=O)O. The van der Waals surface area contributed by atoms with Crippen molar-refractivity contribution < 1.29 is 29.0 Å². The van der Waals surface area contributed by atoms with E-state index in [1.54, 1.807) is 23.5 Å². The largest absolute Gasteiger partial charge is 0.465 e. The van der Waals surface area contributed by atoms with E-state index >= 15 is 0 Å². The van der Waals surface area contributed by atoms with Gasteiger partial charge in [-0.2, -0.15) is 0 Å². The van der Waals surface area contributed by atoms with Crippen LogP contribution in [0.3, 0.4) is 0 Å². The summed E-state index contributed by atoms with van der Waals surface area (Å²) in [6.07, 6.45) is 10.2. The van der Waals surface area contributed by atoms with E-state index < -0.39 is 18.2 Å². The third kappa shape index (κ3) is 9.41. The van der Waals surface area contributed by atoms with Crippen molar-refractivity contribution >= 4 is 35.0 Å². The number of likely N-dealkylation sites (tertiary alicyclic amines) is 2. The highest BCUT2D eigenvalue weighted by molar-refractivity contribution is 5.86. The van der Waals surface area contributed by atoms with Gasteiger partial charge in [-0.3, -0.25) is 19.6 Å². The zero-order valence-corrected chi connectivity index (χ0v) is 33.4. The first-order chi connectivity index (χ1) is 27.9. The average molecular weight is 794 g/mol. The lowest BCUT2D eigenvalue weighted by Crippen LogP contribution is -2.51. The number of H-pyrrole nitrogens is 2. The number of aromatic amines is 2. The molecule has 7 rings (SSSR count). The maximum atomic E-state index is 13.5. The van der Waals surface area contributed by atoms with E-state index in [9.17, 15) is 14.4 Å². The molecule has 6 N–H and O–H groups in total. The molecular weight excluding hydrogens is 743 g/mol. The van der Waals surface area contributed by atoms with Gasteiger partial charge in [0.2, 0.25) is 11.8 Å². The minimum atomic E-state index is -1.33. The number of carboxylic acid groups (broad SMARTS) is 1. The van der Waals surface area contributed by atoms with Crippen molar-refractivity contribution in [3.05, 3.63) is 66.8 Å². The van der Waals surface area contributed by atoms with Crippen molar-refractivity contribution in [3.63, 3.8) is 0 Å². The second-order valence-corrected chi connectivity index (χ2v) is 15.1. The van der Waals surface area contributed by atoms with Gasteiger partial charge in [0.1, 0.15) is 23.4 Å². The number of hydrogen-bond donors (Lipinski definition) is 5. The Balaban J connectivity index is 0.00000135. The van der Waals surface area contributed by atoms with Gasteiger partial charge in [0.15, 0.2) is 0 Å². The van der Waals surface area contributed by atoms with Crippen LogP contribution < -0.4 is 11.1 Å². The Kier molecular flexibility index (Phi) is 13.0. The molecule has 2 aliphatic rings. The highest BCUT2D eigenvalue weighted by Gasteiger charge is 2.37. The molecule has 1 aromatic carbocycles. The predicted octanol–water partition coefficient (Wildman–Crippen LogP) is 6.24. The first-order valence-corrected chi connectivity index (χ1v) is 19.6. The van der Waals surface area contributed by atoms with Crippen molar-refractivity contribution in [2.45, 2.75) is 84.3 Å². The first kappa shape index (κ1) is 41.2. The molecule has 4 amide bonds. The number of carbonyl (C=O) groups excluding carboxylic acids is 3. The molecule has 4 atom stereocenters. The number of pyridine rings is 1. The summed E-state index contributed by atoms with van der Waals surface area (Å²) >= 11 is 0. The quantitative estimate of drug-likeness (QED) is 0.100. The van der Waals surface area contributed by atoms with Crippen LogP contribution in [0.1, 0.15) is 90.0 Å². The van der Waals surface area contributed by atoms with Crippen molar-refractivity contribution in [3.8, 4) is 33.9 Å². The molecule has 2 fully saturated rings. The van der Waals surface area contributed by atoms with Gasteiger partial charge in [-0.05, 0) is 61.8 Å². The van der Waals surface area contributed by atoms with E-state index in [1.807, 2.05) is 55.3 Å². The molecule has 306 valence electrons. The summed E-state index contributed by atoms with van der Waals surface area (Å²) in [6, 6.07) is 8.83. The highest BCUT2D eigenvalue weighted by Crippen LogP contribution is 2.35. The van der Waals surface area contributed by atoms with Gasteiger partial charge in [-0.25, -0.2) is 24.5 Å². The maximum absolute atomic E-state index is 13.5. The predicted molar refractivity (Wildman–Crippen MR) is 216 cm³/mol. The molecule has 0 saturated carbocycles. The van der Waals surface area contributed by atoms with Crippen molar-refractivity contribution in [1.82, 2.24) is 50.0 Å². The standard InChI is InChI=1S/C40H48N10O4.CH3NO2/c1-6-24(4)17-35(51)49-15-7-9-33(49)37-44-21-31(47-37)26-12-13-27(41-19-26)32-22-42-29-18-25(11-14-28(29)45-32)30-20-43-38(46-30)34-10-8-16-50(34)39(52)36(23(2)3)48-40(53)54-5;2-1(3)4/h11-14,18-24,33-34,36H,6-10,15-17H2,1-5H3,(H,43,46)(H,44,47)(H,48,53);2H2,(H,3,4)/t24?,33-,34-,36?;/m0./s1. The Hall–Kier alpha value is -6.39. The van der Waals surface area contributed by atoms with E-state index in [4.69, 9.17) is 29.6 Å². The third-order valence-corrected chi connectivity index (χ3v) is 10.7. The number of benzene rings is 1. The summed E-state index contributed by atoms with van der Waals surface area (Å²) < 4.78 is 4.75. The van der Waals surface area contributed by atoms with Crippen molar-refractivity contribution in [2.75, 3.05) is 20.2 Å². The van der Waals surface area contributed by atoms with Crippen LogP contribution in [0.2, 0.25) is 0 Å². The Morgan fingerprint density at radius 1 is 0.845 bits per heavy atom. The van der Waals surface area contributed by atoms with Crippen LogP contribution in [0, 0.1) is 11.8 Å². The molecule has 2 aliphatic heterocycles. The fraction of sp³-hybridized carbons (Fsp3) is 0.439.